The van der Waals surface area contributed by atoms with E-state index in [1.165, 1.54) is 17.0 Å². The molecule has 1 amide bonds. The highest BCUT2D eigenvalue weighted by Gasteiger charge is 2.08. The van der Waals surface area contributed by atoms with Crippen molar-refractivity contribution in [3.8, 4) is 23.0 Å². The summed E-state index contributed by atoms with van der Waals surface area (Å²) in [5, 5.41) is 6.95. The summed E-state index contributed by atoms with van der Waals surface area (Å²) in [7, 11) is 0. The van der Waals surface area contributed by atoms with Crippen molar-refractivity contribution in [2.45, 2.75) is 13.5 Å². The summed E-state index contributed by atoms with van der Waals surface area (Å²) < 4.78 is 17.5. The zero-order chi connectivity index (χ0) is 19.8. The Morgan fingerprint density at radius 1 is 1.11 bits per heavy atom. The van der Waals surface area contributed by atoms with Crippen LogP contribution in [0.2, 0.25) is 0 Å². The molecule has 0 aliphatic heterocycles. The van der Waals surface area contributed by atoms with Gasteiger partial charge in [0.25, 0.3) is 11.5 Å². The maximum atomic E-state index is 12.0. The van der Waals surface area contributed by atoms with Crippen LogP contribution in [-0.4, -0.2) is 35.4 Å². The molecule has 0 atom stereocenters. The molecule has 28 heavy (non-hydrogen) atoms. The van der Waals surface area contributed by atoms with Crippen LogP contribution in [0, 0.1) is 0 Å². The lowest BCUT2D eigenvalue weighted by Gasteiger charge is -2.12. The highest BCUT2D eigenvalue weighted by Crippen LogP contribution is 2.26. The molecule has 0 aliphatic rings. The Labute approximate surface area is 161 Å². The molecule has 1 aromatic carbocycles. The third-order valence-electron chi connectivity index (χ3n) is 3.79. The molecule has 2 aromatic heterocycles. The molecule has 2 heterocycles. The third kappa shape index (κ3) is 5.00. The van der Waals surface area contributed by atoms with Crippen LogP contribution < -0.4 is 20.3 Å². The molecule has 0 bridgehead atoms. The lowest BCUT2D eigenvalue weighted by molar-refractivity contribution is -0.123. The fourth-order valence-corrected chi connectivity index (χ4v) is 2.50. The van der Waals surface area contributed by atoms with E-state index >= 15 is 0 Å². The van der Waals surface area contributed by atoms with Gasteiger partial charge in [0, 0.05) is 12.6 Å². The molecule has 3 rings (SSSR count). The SMILES string of the molecule is CCOc1ccccc1OCC(=O)NCCn1nc(-c2ccco2)ccc1=O. The molecule has 146 valence electrons. The fourth-order valence-electron chi connectivity index (χ4n) is 2.50. The van der Waals surface area contributed by atoms with Gasteiger partial charge in [-0.15, -0.1) is 0 Å². The van der Waals surface area contributed by atoms with E-state index in [1.54, 1.807) is 36.4 Å². The second-order valence-electron chi connectivity index (χ2n) is 5.78. The number of carbonyl (C=O) groups is 1. The molecule has 1 N–H and O–H groups in total. The summed E-state index contributed by atoms with van der Waals surface area (Å²) in [5.74, 6) is 1.35. The summed E-state index contributed by atoms with van der Waals surface area (Å²) in [6.45, 7) is 2.70. The zero-order valence-electron chi connectivity index (χ0n) is 15.5. The van der Waals surface area contributed by atoms with Crippen LogP contribution in [0.15, 0.2) is 64.0 Å². The lowest BCUT2D eigenvalue weighted by atomic mass is 10.3. The quantitative estimate of drug-likeness (QED) is 0.608. The number of hydrogen-bond donors (Lipinski definition) is 1. The third-order valence-corrected chi connectivity index (χ3v) is 3.79. The normalized spacial score (nSPS) is 10.5. The number of nitrogens with zero attached hydrogens (tertiary/aromatic N) is 2. The summed E-state index contributed by atoms with van der Waals surface area (Å²) in [6.07, 6.45) is 1.54. The number of ether oxygens (including phenoxy) is 2. The van der Waals surface area contributed by atoms with Crippen molar-refractivity contribution in [3.05, 3.63) is 65.1 Å². The van der Waals surface area contributed by atoms with Gasteiger partial charge in [0.1, 0.15) is 5.69 Å². The van der Waals surface area contributed by atoms with Crippen LogP contribution in [0.1, 0.15) is 6.92 Å². The topological polar surface area (TPSA) is 95.6 Å². The van der Waals surface area contributed by atoms with Crippen LogP contribution in [0.4, 0.5) is 0 Å². The van der Waals surface area contributed by atoms with Gasteiger partial charge in [0.15, 0.2) is 23.9 Å². The first-order valence-corrected chi connectivity index (χ1v) is 8.90. The summed E-state index contributed by atoms with van der Waals surface area (Å²) in [4.78, 5) is 24.0. The number of para-hydroxylation sites is 2. The molecule has 3 aromatic rings. The summed E-state index contributed by atoms with van der Waals surface area (Å²) in [5.41, 5.74) is 0.290. The van der Waals surface area contributed by atoms with Gasteiger partial charge >= 0.3 is 0 Å². The molecule has 0 fully saturated rings. The van der Waals surface area contributed by atoms with Gasteiger partial charge < -0.3 is 19.2 Å². The molecule has 0 aliphatic carbocycles. The van der Waals surface area contributed by atoms with Crippen LogP contribution in [0.3, 0.4) is 0 Å². The van der Waals surface area contributed by atoms with Crippen molar-refractivity contribution in [1.29, 1.82) is 0 Å². The van der Waals surface area contributed by atoms with Crippen molar-refractivity contribution in [1.82, 2.24) is 15.1 Å². The highest BCUT2D eigenvalue weighted by atomic mass is 16.5. The van der Waals surface area contributed by atoms with E-state index in [0.29, 0.717) is 29.6 Å². The van der Waals surface area contributed by atoms with E-state index in [9.17, 15) is 9.59 Å². The van der Waals surface area contributed by atoms with Crippen molar-refractivity contribution in [2.75, 3.05) is 19.8 Å². The van der Waals surface area contributed by atoms with Gasteiger partial charge in [-0.1, -0.05) is 12.1 Å². The molecule has 0 unspecified atom stereocenters. The minimum atomic E-state index is -0.304. The number of aromatic nitrogens is 2. The standard InChI is InChI=1S/C20H21N3O5/c1-2-26-17-6-3-4-7-18(17)28-14-19(24)21-11-12-23-20(25)10-9-15(22-23)16-8-5-13-27-16/h3-10,13H,2,11-12,14H2,1H3,(H,21,24). The maximum absolute atomic E-state index is 12.0. The van der Waals surface area contributed by atoms with E-state index in [4.69, 9.17) is 13.9 Å². The van der Waals surface area contributed by atoms with E-state index in [0.717, 1.165) is 0 Å². The minimum absolute atomic E-state index is 0.154. The second kappa shape index (κ2) is 9.40. The second-order valence-corrected chi connectivity index (χ2v) is 5.78. The Balaban J connectivity index is 1.51. The molecule has 0 saturated heterocycles. The van der Waals surface area contributed by atoms with Gasteiger partial charge in [-0.25, -0.2) is 4.68 Å². The van der Waals surface area contributed by atoms with Crippen molar-refractivity contribution in [3.63, 3.8) is 0 Å². The van der Waals surface area contributed by atoms with E-state index in [-0.39, 0.29) is 31.2 Å². The Hall–Kier alpha value is -3.55. The Bertz CT molecular complexity index is 966. The smallest absolute Gasteiger partial charge is 0.266 e. The van der Waals surface area contributed by atoms with E-state index in [2.05, 4.69) is 10.4 Å². The molecule has 8 nitrogen and oxygen atoms in total. The first-order chi connectivity index (χ1) is 13.7. The van der Waals surface area contributed by atoms with Crippen molar-refractivity contribution >= 4 is 5.91 Å². The lowest BCUT2D eigenvalue weighted by Crippen LogP contribution is -2.34. The Morgan fingerprint density at radius 3 is 2.61 bits per heavy atom. The Kier molecular flexibility index (Phi) is 6.46. The summed E-state index contributed by atoms with van der Waals surface area (Å²) in [6, 6.07) is 13.7. The fraction of sp³-hybridized carbons (Fsp3) is 0.250. The maximum Gasteiger partial charge on any atom is 0.266 e. The van der Waals surface area contributed by atoms with Crippen LogP contribution in [0.25, 0.3) is 11.5 Å². The first kappa shape index (κ1) is 19.2. The number of carbonyl (C=O) groups excluding carboxylic acids is 1. The largest absolute Gasteiger partial charge is 0.490 e. The van der Waals surface area contributed by atoms with Gasteiger partial charge in [0.05, 0.1) is 19.4 Å². The summed E-state index contributed by atoms with van der Waals surface area (Å²) >= 11 is 0. The minimum Gasteiger partial charge on any atom is -0.490 e. The number of nitrogens with one attached hydrogen (secondary N) is 1. The molecule has 0 saturated carbocycles. The first-order valence-electron chi connectivity index (χ1n) is 8.90. The highest BCUT2D eigenvalue weighted by molar-refractivity contribution is 5.77. The number of hydrogen-bond acceptors (Lipinski definition) is 6. The molecule has 0 radical (unpaired) electrons. The number of furan rings is 1. The van der Waals surface area contributed by atoms with E-state index in [1.807, 2.05) is 13.0 Å². The van der Waals surface area contributed by atoms with Crippen molar-refractivity contribution in [2.24, 2.45) is 0 Å². The van der Waals surface area contributed by atoms with Crippen LogP contribution >= 0.6 is 0 Å². The molecular weight excluding hydrogens is 362 g/mol. The van der Waals surface area contributed by atoms with Crippen LogP contribution in [0.5, 0.6) is 11.5 Å². The van der Waals surface area contributed by atoms with Gasteiger partial charge in [-0.3, -0.25) is 9.59 Å². The average molecular weight is 383 g/mol. The Morgan fingerprint density at radius 2 is 1.89 bits per heavy atom. The molecule has 0 spiro atoms. The number of amides is 1. The average Bonchev–Trinajstić information content (AvgIpc) is 3.24. The number of rotatable bonds is 9. The number of benzene rings is 1. The van der Waals surface area contributed by atoms with E-state index < -0.39 is 0 Å². The van der Waals surface area contributed by atoms with Gasteiger partial charge in [-0.2, -0.15) is 5.10 Å². The predicted octanol–water partition coefficient (Wildman–Crippen LogP) is 2.10. The van der Waals surface area contributed by atoms with Gasteiger partial charge in [-0.05, 0) is 37.3 Å². The predicted molar refractivity (Wildman–Crippen MR) is 102 cm³/mol. The van der Waals surface area contributed by atoms with Crippen LogP contribution in [-0.2, 0) is 11.3 Å². The van der Waals surface area contributed by atoms with Gasteiger partial charge in [0.2, 0.25) is 0 Å². The monoisotopic (exact) mass is 383 g/mol. The molecular formula is C20H21N3O5. The zero-order valence-corrected chi connectivity index (χ0v) is 15.5. The van der Waals surface area contributed by atoms with Crippen molar-refractivity contribution < 1.29 is 18.7 Å². The molecule has 8 heteroatoms.